The van der Waals surface area contributed by atoms with Gasteiger partial charge in [-0.3, -0.25) is 5.32 Å². The van der Waals surface area contributed by atoms with Crippen LogP contribution in [0.15, 0.2) is 40.9 Å². The van der Waals surface area contributed by atoms with Gasteiger partial charge in [0.1, 0.15) is 0 Å². The number of fused-ring (bicyclic) bond motifs is 1. The molecule has 0 saturated heterocycles. The molecule has 0 aromatic heterocycles. The summed E-state index contributed by atoms with van der Waals surface area (Å²) >= 11 is 3.42. The van der Waals surface area contributed by atoms with Gasteiger partial charge in [0.25, 0.3) is 0 Å². The first-order valence-corrected chi connectivity index (χ1v) is 6.11. The Labute approximate surface area is 108 Å². The summed E-state index contributed by atoms with van der Waals surface area (Å²) in [5.74, 6) is 0. The predicted molar refractivity (Wildman–Crippen MR) is 72.3 cm³/mol. The van der Waals surface area contributed by atoms with Crippen LogP contribution in [0.2, 0.25) is 0 Å². The maximum absolute atomic E-state index is 11.3. The number of nitrogens with one attached hydrogen (secondary N) is 1. The third kappa shape index (κ3) is 2.97. The van der Waals surface area contributed by atoms with E-state index in [0.717, 1.165) is 20.9 Å². The third-order valence-corrected chi connectivity index (χ3v) is 2.82. The van der Waals surface area contributed by atoms with Crippen LogP contribution in [0.4, 0.5) is 10.5 Å². The number of carbonyl (C=O) groups excluding carboxylic acids is 1. The number of amides is 1. The zero-order chi connectivity index (χ0) is 12.3. The highest BCUT2D eigenvalue weighted by atomic mass is 79.9. The SMILES string of the molecule is CCOC(=O)Nc1ccc2cc(Br)ccc2c1. The highest BCUT2D eigenvalue weighted by Crippen LogP contribution is 2.22. The number of hydrogen-bond donors (Lipinski definition) is 1. The summed E-state index contributed by atoms with van der Waals surface area (Å²) in [6.07, 6.45) is -0.427. The summed E-state index contributed by atoms with van der Waals surface area (Å²) in [5.41, 5.74) is 0.735. The van der Waals surface area contributed by atoms with Crippen molar-refractivity contribution in [3.05, 3.63) is 40.9 Å². The number of anilines is 1. The van der Waals surface area contributed by atoms with Crippen LogP contribution < -0.4 is 5.32 Å². The molecule has 0 bridgehead atoms. The van der Waals surface area contributed by atoms with Crippen LogP contribution in [-0.4, -0.2) is 12.7 Å². The van der Waals surface area contributed by atoms with E-state index in [9.17, 15) is 4.79 Å². The molecule has 2 rings (SSSR count). The molecule has 0 aliphatic heterocycles. The first-order chi connectivity index (χ1) is 8.19. The first kappa shape index (κ1) is 11.9. The molecule has 1 amide bonds. The molecule has 17 heavy (non-hydrogen) atoms. The molecule has 0 radical (unpaired) electrons. The van der Waals surface area contributed by atoms with Gasteiger partial charge < -0.3 is 4.74 Å². The van der Waals surface area contributed by atoms with E-state index >= 15 is 0 Å². The van der Waals surface area contributed by atoms with Crippen molar-refractivity contribution in [1.82, 2.24) is 0 Å². The van der Waals surface area contributed by atoms with Gasteiger partial charge in [-0.1, -0.05) is 28.1 Å². The summed E-state index contributed by atoms with van der Waals surface area (Å²) in [5, 5.41) is 4.87. The second-order valence-electron chi connectivity index (χ2n) is 3.55. The van der Waals surface area contributed by atoms with Crippen LogP contribution >= 0.6 is 15.9 Å². The molecule has 1 N–H and O–H groups in total. The van der Waals surface area contributed by atoms with E-state index in [1.807, 2.05) is 36.4 Å². The lowest BCUT2D eigenvalue weighted by molar-refractivity contribution is 0.168. The van der Waals surface area contributed by atoms with Gasteiger partial charge in [-0.25, -0.2) is 4.79 Å². The number of benzene rings is 2. The Balaban J connectivity index is 2.26. The van der Waals surface area contributed by atoms with Crippen molar-refractivity contribution < 1.29 is 9.53 Å². The van der Waals surface area contributed by atoms with Crippen LogP contribution in [0, 0.1) is 0 Å². The molecule has 2 aromatic rings. The van der Waals surface area contributed by atoms with Gasteiger partial charge in [0, 0.05) is 10.2 Å². The Hall–Kier alpha value is -1.55. The predicted octanol–water partition coefficient (Wildman–Crippen LogP) is 4.17. The van der Waals surface area contributed by atoms with Crippen molar-refractivity contribution in [2.24, 2.45) is 0 Å². The zero-order valence-electron chi connectivity index (χ0n) is 9.37. The van der Waals surface area contributed by atoms with E-state index in [-0.39, 0.29) is 0 Å². The van der Waals surface area contributed by atoms with Crippen molar-refractivity contribution in [2.45, 2.75) is 6.92 Å². The topological polar surface area (TPSA) is 38.3 Å². The quantitative estimate of drug-likeness (QED) is 0.902. The highest BCUT2D eigenvalue weighted by Gasteiger charge is 2.02. The van der Waals surface area contributed by atoms with Crippen LogP contribution in [0.1, 0.15) is 6.92 Å². The van der Waals surface area contributed by atoms with E-state index in [1.54, 1.807) is 6.92 Å². The van der Waals surface area contributed by atoms with Gasteiger partial charge >= 0.3 is 6.09 Å². The van der Waals surface area contributed by atoms with Crippen molar-refractivity contribution in [3.63, 3.8) is 0 Å². The molecule has 4 heteroatoms. The molecule has 2 aromatic carbocycles. The lowest BCUT2D eigenvalue weighted by atomic mass is 10.1. The summed E-state index contributed by atoms with van der Waals surface area (Å²) in [4.78, 5) is 11.3. The summed E-state index contributed by atoms with van der Waals surface area (Å²) in [6, 6.07) is 11.7. The van der Waals surface area contributed by atoms with Crippen LogP contribution in [0.5, 0.6) is 0 Å². The van der Waals surface area contributed by atoms with E-state index in [1.165, 1.54) is 0 Å². The molecule has 0 heterocycles. The van der Waals surface area contributed by atoms with Gasteiger partial charge in [-0.2, -0.15) is 0 Å². The average molecular weight is 294 g/mol. The second-order valence-corrected chi connectivity index (χ2v) is 4.47. The lowest BCUT2D eigenvalue weighted by Gasteiger charge is -2.06. The molecule has 0 fully saturated rings. The molecule has 0 aliphatic rings. The highest BCUT2D eigenvalue weighted by molar-refractivity contribution is 9.10. The Bertz CT molecular complexity index is 554. The van der Waals surface area contributed by atoms with Crippen molar-refractivity contribution >= 4 is 38.5 Å². The van der Waals surface area contributed by atoms with Crippen LogP contribution in [0.25, 0.3) is 10.8 Å². The Kier molecular flexibility index (Phi) is 3.64. The van der Waals surface area contributed by atoms with Gasteiger partial charge in [-0.05, 0) is 42.0 Å². The minimum atomic E-state index is -0.427. The first-order valence-electron chi connectivity index (χ1n) is 5.32. The Morgan fingerprint density at radius 2 is 1.94 bits per heavy atom. The van der Waals surface area contributed by atoms with Gasteiger partial charge in [0.05, 0.1) is 6.61 Å². The van der Waals surface area contributed by atoms with E-state index in [0.29, 0.717) is 6.61 Å². The number of rotatable bonds is 2. The summed E-state index contributed by atoms with van der Waals surface area (Å²) < 4.78 is 5.86. The van der Waals surface area contributed by atoms with Crippen LogP contribution in [0.3, 0.4) is 0 Å². The summed E-state index contributed by atoms with van der Waals surface area (Å²) in [6.45, 7) is 2.14. The lowest BCUT2D eigenvalue weighted by Crippen LogP contribution is -2.13. The normalized spacial score (nSPS) is 10.2. The van der Waals surface area contributed by atoms with E-state index < -0.39 is 6.09 Å². The third-order valence-electron chi connectivity index (χ3n) is 2.32. The minimum Gasteiger partial charge on any atom is -0.450 e. The van der Waals surface area contributed by atoms with Crippen molar-refractivity contribution in [2.75, 3.05) is 11.9 Å². The molecule has 0 spiro atoms. The second kappa shape index (κ2) is 5.19. The fourth-order valence-corrected chi connectivity index (χ4v) is 1.96. The largest absolute Gasteiger partial charge is 0.450 e. The molecular formula is C13H12BrNO2. The van der Waals surface area contributed by atoms with Crippen molar-refractivity contribution in [3.8, 4) is 0 Å². The smallest absolute Gasteiger partial charge is 0.411 e. The van der Waals surface area contributed by atoms with E-state index in [4.69, 9.17) is 4.74 Å². The molecule has 3 nitrogen and oxygen atoms in total. The van der Waals surface area contributed by atoms with E-state index in [2.05, 4.69) is 21.2 Å². The number of ether oxygens (including phenoxy) is 1. The number of halogens is 1. The standard InChI is InChI=1S/C13H12BrNO2/c1-2-17-13(16)15-12-6-4-9-7-11(14)5-3-10(9)8-12/h3-8H,2H2,1H3,(H,15,16). The monoisotopic (exact) mass is 293 g/mol. The van der Waals surface area contributed by atoms with Gasteiger partial charge in [-0.15, -0.1) is 0 Å². The Morgan fingerprint density at radius 1 is 1.24 bits per heavy atom. The maximum Gasteiger partial charge on any atom is 0.411 e. The maximum atomic E-state index is 11.3. The molecule has 88 valence electrons. The molecule has 0 aliphatic carbocycles. The van der Waals surface area contributed by atoms with Crippen LogP contribution in [-0.2, 0) is 4.74 Å². The number of carbonyl (C=O) groups is 1. The van der Waals surface area contributed by atoms with Crippen molar-refractivity contribution in [1.29, 1.82) is 0 Å². The van der Waals surface area contributed by atoms with Gasteiger partial charge in [0.2, 0.25) is 0 Å². The Morgan fingerprint density at radius 3 is 2.71 bits per heavy atom. The molecule has 0 saturated carbocycles. The summed E-state index contributed by atoms with van der Waals surface area (Å²) in [7, 11) is 0. The molecule has 0 unspecified atom stereocenters. The number of hydrogen-bond acceptors (Lipinski definition) is 2. The molecular weight excluding hydrogens is 282 g/mol. The fourth-order valence-electron chi connectivity index (χ4n) is 1.58. The minimum absolute atomic E-state index is 0.367. The molecule has 0 atom stereocenters. The average Bonchev–Trinajstić information content (AvgIpc) is 2.29. The van der Waals surface area contributed by atoms with Gasteiger partial charge in [0.15, 0.2) is 0 Å². The zero-order valence-corrected chi connectivity index (χ0v) is 11.0. The fraction of sp³-hybridized carbons (Fsp3) is 0.154.